The maximum Gasteiger partial charge on any atom is 0.244 e. The quantitative estimate of drug-likeness (QED) is 0.750. The zero-order chi connectivity index (χ0) is 20.7. The summed E-state index contributed by atoms with van der Waals surface area (Å²) in [5, 5.41) is 2.69. The Kier molecular flexibility index (Phi) is 7.20. The van der Waals surface area contributed by atoms with Crippen LogP contribution >= 0.6 is 0 Å². The van der Waals surface area contributed by atoms with Gasteiger partial charge in [0.15, 0.2) is 11.5 Å². The van der Waals surface area contributed by atoms with E-state index in [1.807, 2.05) is 0 Å². The van der Waals surface area contributed by atoms with E-state index in [9.17, 15) is 14.0 Å². The molecule has 0 radical (unpaired) electrons. The first-order valence-corrected chi connectivity index (χ1v) is 8.48. The molecule has 0 unspecified atom stereocenters. The van der Waals surface area contributed by atoms with Crippen LogP contribution in [0, 0.1) is 5.82 Å². The van der Waals surface area contributed by atoms with E-state index in [0.717, 1.165) is 0 Å². The molecule has 0 saturated carbocycles. The average Bonchev–Trinajstić information content (AvgIpc) is 2.68. The third-order valence-corrected chi connectivity index (χ3v) is 4.05. The number of hydrogen-bond donors (Lipinski definition) is 1. The van der Waals surface area contributed by atoms with Crippen molar-refractivity contribution in [2.24, 2.45) is 0 Å². The largest absolute Gasteiger partial charge is 0.493 e. The van der Waals surface area contributed by atoms with Gasteiger partial charge in [0.25, 0.3) is 0 Å². The van der Waals surface area contributed by atoms with Crippen LogP contribution in [0.3, 0.4) is 0 Å². The van der Waals surface area contributed by atoms with Crippen LogP contribution in [0.4, 0.5) is 10.1 Å². The Hall–Kier alpha value is -3.29. The van der Waals surface area contributed by atoms with Gasteiger partial charge in [0.1, 0.15) is 12.4 Å². The zero-order valence-electron chi connectivity index (χ0n) is 16.2. The molecule has 0 saturated heterocycles. The molecule has 0 spiro atoms. The van der Waals surface area contributed by atoms with Gasteiger partial charge in [-0.3, -0.25) is 9.59 Å². The highest BCUT2D eigenvalue weighted by Crippen LogP contribution is 2.39. The van der Waals surface area contributed by atoms with Crippen LogP contribution in [0.2, 0.25) is 0 Å². The number of methoxy groups -OCH3 is 3. The van der Waals surface area contributed by atoms with Crippen molar-refractivity contribution in [3.63, 3.8) is 0 Å². The second-order valence-electron chi connectivity index (χ2n) is 5.93. The van der Waals surface area contributed by atoms with Crippen molar-refractivity contribution in [3.8, 4) is 17.2 Å². The minimum absolute atomic E-state index is 0.00924. The van der Waals surface area contributed by atoms with Crippen molar-refractivity contribution >= 4 is 17.5 Å². The summed E-state index contributed by atoms with van der Waals surface area (Å²) in [6.07, 6.45) is 0. The van der Waals surface area contributed by atoms with Gasteiger partial charge < -0.3 is 24.4 Å². The molecule has 2 aromatic carbocycles. The lowest BCUT2D eigenvalue weighted by Gasteiger charge is -2.21. The standard InChI is InChI=1S/C20H23FN2O5/c1-13(24)23(11-14-7-5-6-8-16(14)21)12-19(25)22-15-9-17(26-2)20(28-4)18(10-15)27-3/h5-10H,11-12H2,1-4H3,(H,22,25). The van der Waals surface area contributed by atoms with Crippen molar-refractivity contribution in [2.75, 3.05) is 33.2 Å². The number of ether oxygens (including phenoxy) is 3. The number of nitrogens with one attached hydrogen (secondary N) is 1. The van der Waals surface area contributed by atoms with Gasteiger partial charge in [0.2, 0.25) is 17.6 Å². The molecule has 8 heteroatoms. The van der Waals surface area contributed by atoms with Gasteiger partial charge in [0, 0.05) is 36.9 Å². The summed E-state index contributed by atoms with van der Waals surface area (Å²) in [6, 6.07) is 9.27. The third kappa shape index (κ3) is 5.12. The number of hydrogen-bond acceptors (Lipinski definition) is 5. The number of nitrogens with zero attached hydrogens (tertiary/aromatic N) is 1. The van der Waals surface area contributed by atoms with Crippen molar-refractivity contribution in [2.45, 2.75) is 13.5 Å². The average molecular weight is 390 g/mol. The minimum Gasteiger partial charge on any atom is -0.493 e. The Bertz CT molecular complexity index is 831. The van der Waals surface area contributed by atoms with Crippen molar-refractivity contribution in [1.29, 1.82) is 0 Å². The van der Waals surface area contributed by atoms with E-state index in [2.05, 4.69) is 5.32 Å². The first kappa shape index (κ1) is 21.0. The summed E-state index contributed by atoms with van der Waals surface area (Å²) >= 11 is 0. The molecule has 1 N–H and O–H groups in total. The lowest BCUT2D eigenvalue weighted by atomic mass is 10.2. The van der Waals surface area contributed by atoms with Crippen LogP contribution in [-0.4, -0.2) is 44.6 Å². The lowest BCUT2D eigenvalue weighted by Crippen LogP contribution is -2.36. The van der Waals surface area contributed by atoms with Gasteiger partial charge in [-0.2, -0.15) is 0 Å². The SMILES string of the molecule is COc1cc(NC(=O)CN(Cc2ccccc2F)C(C)=O)cc(OC)c1OC. The fourth-order valence-electron chi connectivity index (χ4n) is 2.64. The molecule has 28 heavy (non-hydrogen) atoms. The maximum atomic E-state index is 13.9. The molecule has 0 fully saturated rings. The second-order valence-corrected chi connectivity index (χ2v) is 5.93. The third-order valence-electron chi connectivity index (χ3n) is 4.05. The Morgan fingerprint density at radius 2 is 1.64 bits per heavy atom. The Labute approximate surface area is 163 Å². The molecule has 7 nitrogen and oxygen atoms in total. The summed E-state index contributed by atoms with van der Waals surface area (Å²) in [5.74, 6) is -0.0605. The first-order chi connectivity index (χ1) is 13.4. The molecule has 0 aromatic heterocycles. The van der Waals surface area contributed by atoms with Gasteiger partial charge in [-0.05, 0) is 6.07 Å². The fourth-order valence-corrected chi connectivity index (χ4v) is 2.64. The van der Waals surface area contributed by atoms with Crippen LogP contribution in [0.25, 0.3) is 0 Å². The highest BCUT2D eigenvalue weighted by Gasteiger charge is 2.18. The molecule has 2 rings (SSSR count). The highest BCUT2D eigenvalue weighted by molar-refractivity contribution is 5.94. The van der Waals surface area contributed by atoms with E-state index in [1.54, 1.807) is 30.3 Å². The summed E-state index contributed by atoms with van der Waals surface area (Å²) in [7, 11) is 4.41. The van der Waals surface area contributed by atoms with Gasteiger partial charge in [0.05, 0.1) is 21.3 Å². The van der Waals surface area contributed by atoms with E-state index < -0.39 is 11.7 Å². The minimum atomic E-state index is -0.444. The van der Waals surface area contributed by atoms with E-state index in [1.165, 1.54) is 39.2 Å². The predicted molar refractivity (Wildman–Crippen MR) is 102 cm³/mol. The monoisotopic (exact) mass is 390 g/mol. The molecular formula is C20H23FN2O5. The van der Waals surface area contributed by atoms with E-state index >= 15 is 0 Å². The second kappa shape index (κ2) is 9.59. The molecule has 0 atom stereocenters. The number of halogens is 1. The number of carbonyl (C=O) groups is 2. The molecule has 2 aromatic rings. The van der Waals surface area contributed by atoms with Gasteiger partial charge >= 0.3 is 0 Å². The topological polar surface area (TPSA) is 77.1 Å². The van der Waals surface area contributed by atoms with E-state index in [-0.39, 0.29) is 19.0 Å². The Morgan fingerprint density at radius 1 is 1.04 bits per heavy atom. The van der Waals surface area contributed by atoms with Crippen molar-refractivity contribution in [3.05, 3.63) is 47.8 Å². The molecular weight excluding hydrogens is 367 g/mol. The fraction of sp³-hybridized carbons (Fsp3) is 0.300. The Morgan fingerprint density at radius 3 is 2.14 bits per heavy atom. The normalized spacial score (nSPS) is 10.2. The summed E-state index contributed by atoms with van der Waals surface area (Å²) in [6.45, 7) is 1.08. The zero-order valence-corrected chi connectivity index (χ0v) is 16.2. The number of carbonyl (C=O) groups excluding carboxylic acids is 2. The molecule has 150 valence electrons. The summed E-state index contributed by atoms with van der Waals surface area (Å²) < 4.78 is 29.6. The smallest absolute Gasteiger partial charge is 0.244 e. The van der Waals surface area contributed by atoms with Crippen LogP contribution in [0.1, 0.15) is 12.5 Å². The molecule has 0 bridgehead atoms. The van der Waals surface area contributed by atoms with Crippen molar-refractivity contribution in [1.82, 2.24) is 4.90 Å². The summed E-state index contributed by atoms with van der Waals surface area (Å²) in [5.41, 5.74) is 0.743. The van der Waals surface area contributed by atoms with Crippen LogP contribution < -0.4 is 19.5 Å². The number of amides is 2. The maximum absolute atomic E-state index is 13.9. The lowest BCUT2D eigenvalue weighted by molar-refractivity contribution is -0.133. The summed E-state index contributed by atoms with van der Waals surface area (Å²) in [4.78, 5) is 25.6. The highest BCUT2D eigenvalue weighted by atomic mass is 19.1. The van der Waals surface area contributed by atoms with Gasteiger partial charge in [-0.15, -0.1) is 0 Å². The van der Waals surface area contributed by atoms with Crippen LogP contribution in [0.15, 0.2) is 36.4 Å². The molecule has 0 heterocycles. The van der Waals surface area contributed by atoms with Crippen LogP contribution in [-0.2, 0) is 16.1 Å². The number of benzene rings is 2. The number of rotatable bonds is 8. The molecule has 0 aliphatic heterocycles. The Balaban J connectivity index is 2.15. The van der Waals surface area contributed by atoms with E-state index in [0.29, 0.717) is 28.5 Å². The van der Waals surface area contributed by atoms with E-state index in [4.69, 9.17) is 14.2 Å². The first-order valence-electron chi connectivity index (χ1n) is 8.48. The van der Waals surface area contributed by atoms with Gasteiger partial charge in [-0.25, -0.2) is 4.39 Å². The molecule has 0 aliphatic rings. The predicted octanol–water partition coefficient (Wildman–Crippen LogP) is 2.84. The molecule has 0 aliphatic carbocycles. The van der Waals surface area contributed by atoms with Crippen LogP contribution in [0.5, 0.6) is 17.2 Å². The molecule has 2 amide bonds. The van der Waals surface area contributed by atoms with Gasteiger partial charge in [-0.1, -0.05) is 18.2 Å². The van der Waals surface area contributed by atoms with Crippen molar-refractivity contribution < 1.29 is 28.2 Å². The number of anilines is 1.